The normalized spacial score (nSPS) is 11.1. The monoisotopic (exact) mass is 615 g/mol. The largest absolute Gasteiger partial charge is 0.508 e. The van der Waals surface area contributed by atoms with Crippen LogP contribution < -0.4 is 9.47 Å². The predicted molar refractivity (Wildman–Crippen MR) is 176 cm³/mol. The molecule has 0 aliphatic carbocycles. The second-order valence-corrected chi connectivity index (χ2v) is 11.4. The van der Waals surface area contributed by atoms with E-state index >= 15 is 0 Å². The maximum absolute atomic E-state index is 11.3. The molecule has 0 saturated carbocycles. The fourth-order valence-electron chi connectivity index (χ4n) is 5.07. The van der Waals surface area contributed by atoms with Crippen LogP contribution in [0.3, 0.4) is 0 Å². The number of ether oxygens (including phenoxy) is 2. The van der Waals surface area contributed by atoms with E-state index in [0.29, 0.717) is 47.0 Å². The van der Waals surface area contributed by atoms with Gasteiger partial charge >= 0.3 is 0 Å². The van der Waals surface area contributed by atoms with Crippen LogP contribution in [-0.4, -0.2) is 48.6 Å². The minimum absolute atomic E-state index is 0.0394. The van der Waals surface area contributed by atoms with Crippen molar-refractivity contribution < 1.29 is 29.9 Å². The van der Waals surface area contributed by atoms with E-state index in [2.05, 4.69) is 28.8 Å². The van der Waals surface area contributed by atoms with Crippen LogP contribution in [-0.2, 0) is 0 Å². The number of phenolic OH excluding ortho intramolecular Hbond substituents is 4. The van der Waals surface area contributed by atoms with Crippen LogP contribution in [0, 0.1) is 20.8 Å². The summed E-state index contributed by atoms with van der Waals surface area (Å²) in [5.74, 6) is 1.22. The van der Waals surface area contributed by atoms with Crippen LogP contribution in [0.2, 0.25) is 0 Å². The second-order valence-electron chi connectivity index (χ2n) is 11.4. The quantitative estimate of drug-likeness (QED) is 0.0969. The molecule has 4 rings (SSSR count). The lowest BCUT2D eigenvalue weighted by atomic mass is 10.1. The molecule has 3 aromatic carbocycles. The number of benzene rings is 3. The third-order valence-corrected chi connectivity index (χ3v) is 8.03. The van der Waals surface area contributed by atoms with Crippen molar-refractivity contribution in [3.8, 4) is 68.7 Å². The van der Waals surface area contributed by atoms with Gasteiger partial charge in [-0.1, -0.05) is 52.4 Å². The maximum Gasteiger partial charge on any atom is 0.167 e. The van der Waals surface area contributed by atoms with Gasteiger partial charge in [-0.05, 0) is 70.0 Å². The smallest absolute Gasteiger partial charge is 0.167 e. The van der Waals surface area contributed by atoms with Crippen molar-refractivity contribution in [1.29, 1.82) is 0 Å². The minimum Gasteiger partial charge on any atom is -0.508 e. The molecule has 0 unspecified atom stereocenters. The molecule has 0 fully saturated rings. The predicted octanol–water partition coefficient (Wildman–Crippen LogP) is 8.54. The highest BCUT2D eigenvalue weighted by molar-refractivity contribution is 5.76. The maximum atomic E-state index is 11.3. The highest BCUT2D eigenvalue weighted by Crippen LogP contribution is 2.41. The van der Waals surface area contributed by atoms with Gasteiger partial charge in [0.1, 0.15) is 34.5 Å². The van der Waals surface area contributed by atoms with E-state index in [9.17, 15) is 20.4 Å². The zero-order valence-corrected chi connectivity index (χ0v) is 27.0. The molecule has 0 amide bonds. The zero-order chi connectivity index (χ0) is 32.5. The van der Waals surface area contributed by atoms with Crippen molar-refractivity contribution in [2.45, 2.75) is 86.0 Å². The summed E-state index contributed by atoms with van der Waals surface area (Å²) in [7, 11) is 0. The van der Waals surface area contributed by atoms with Gasteiger partial charge in [0.15, 0.2) is 17.5 Å². The lowest BCUT2D eigenvalue weighted by Crippen LogP contribution is -2.03. The summed E-state index contributed by atoms with van der Waals surface area (Å²) in [6.45, 7) is 10.6. The standard InChI is InChI=1S/C36H45N3O6/c1-6-8-10-12-20-44-29-18-15-26(32(42)23(29)4)35-37-34(25-14-17-28(40)22(3)31(25)41)38-36(39-35)27-16-19-30(24(5)33(27)43)45-21-13-11-9-7-2/h14-19,40-43H,6-13,20-21H2,1-5H3. The van der Waals surface area contributed by atoms with Crippen molar-refractivity contribution in [3.05, 3.63) is 53.1 Å². The summed E-state index contributed by atoms with van der Waals surface area (Å²) >= 11 is 0. The molecule has 4 N–H and O–H groups in total. The van der Waals surface area contributed by atoms with Gasteiger partial charge in [-0.2, -0.15) is 0 Å². The highest BCUT2D eigenvalue weighted by Gasteiger charge is 2.22. The lowest BCUT2D eigenvalue weighted by molar-refractivity contribution is 0.301. The number of hydrogen-bond donors (Lipinski definition) is 4. The molecular weight excluding hydrogens is 570 g/mol. The Bertz CT molecular complexity index is 1530. The van der Waals surface area contributed by atoms with Crippen LogP contribution in [0.1, 0.15) is 81.9 Å². The van der Waals surface area contributed by atoms with Gasteiger partial charge in [-0.3, -0.25) is 0 Å². The molecule has 1 heterocycles. The molecule has 9 heteroatoms. The molecule has 240 valence electrons. The Kier molecular flexibility index (Phi) is 11.5. The van der Waals surface area contributed by atoms with Gasteiger partial charge in [0.25, 0.3) is 0 Å². The van der Waals surface area contributed by atoms with Crippen LogP contribution in [0.4, 0.5) is 0 Å². The third kappa shape index (κ3) is 7.77. The molecule has 0 atom stereocenters. The summed E-state index contributed by atoms with van der Waals surface area (Å²) in [5, 5.41) is 43.6. The fourth-order valence-corrected chi connectivity index (χ4v) is 5.07. The number of unbranched alkanes of at least 4 members (excludes halogenated alkanes) is 6. The number of rotatable bonds is 15. The molecule has 0 bridgehead atoms. The fraction of sp³-hybridized carbons (Fsp3) is 0.417. The first-order chi connectivity index (χ1) is 21.7. The molecular formula is C36H45N3O6. The van der Waals surface area contributed by atoms with E-state index in [1.165, 1.54) is 12.1 Å². The first kappa shape index (κ1) is 33.4. The SMILES string of the molecule is CCCCCCOc1ccc(-c2nc(-c3ccc(O)c(C)c3O)nc(-c3ccc(OCCCCCC)c(C)c3O)n2)c(O)c1C. The van der Waals surface area contributed by atoms with E-state index in [1.807, 2.05) is 0 Å². The molecule has 0 radical (unpaired) electrons. The van der Waals surface area contributed by atoms with Crippen molar-refractivity contribution in [2.75, 3.05) is 13.2 Å². The average Bonchev–Trinajstić information content (AvgIpc) is 3.03. The molecule has 0 saturated heterocycles. The Balaban J connectivity index is 1.77. The summed E-state index contributed by atoms with van der Waals surface area (Å²) in [5.41, 5.74) is 2.32. The van der Waals surface area contributed by atoms with Gasteiger partial charge in [0, 0.05) is 16.7 Å². The van der Waals surface area contributed by atoms with Crippen LogP contribution in [0.15, 0.2) is 36.4 Å². The van der Waals surface area contributed by atoms with E-state index < -0.39 is 0 Å². The number of aromatic hydroxyl groups is 4. The molecule has 0 aliphatic heterocycles. The Labute approximate surface area is 265 Å². The van der Waals surface area contributed by atoms with Crippen molar-refractivity contribution >= 4 is 0 Å². The molecule has 4 aromatic rings. The Morgan fingerprint density at radius 1 is 0.489 bits per heavy atom. The van der Waals surface area contributed by atoms with Gasteiger partial charge in [-0.15, -0.1) is 0 Å². The van der Waals surface area contributed by atoms with E-state index in [0.717, 1.165) is 51.4 Å². The zero-order valence-electron chi connectivity index (χ0n) is 27.0. The summed E-state index contributed by atoms with van der Waals surface area (Å²) in [6.07, 6.45) is 8.60. The number of phenols is 4. The first-order valence-electron chi connectivity index (χ1n) is 15.9. The van der Waals surface area contributed by atoms with Crippen molar-refractivity contribution in [3.63, 3.8) is 0 Å². The Hall–Kier alpha value is -4.53. The van der Waals surface area contributed by atoms with Crippen LogP contribution in [0.5, 0.6) is 34.5 Å². The van der Waals surface area contributed by atoms with E-state index in [4.69, 9.17) is 9.47 Å². The van der Waals surface area contributed by atoms with Crippen molar-refractivity contribution in [1.82, 2.24) is 15.0 Å². The number of hydrogen-bond acceptors (Lipinski definition) is 9. The summed E-state index contributed by atoms with van der Waals surface area (Å²) < 4.78 is 11.9. The number of aromatic nitrogens is 3. The first-order valence-corrected chi connectivity index (χ1v) is 15.9. The summed E-state index contributed by atoms with van der Waals surface area (Å²) in [6, 6.07) is 9.91. The van der Waals surface area contributed by atoms with Gasteiger partial charge < -0.3 is 29.9 Å². The molecule has 9 nitrogen and oxygen atoms in total. The summed E-state index contributed by atoms with van der Waals surface area (Å²) in [4.78, 5) is 13.9. The molecule has 0 spiro atoms. The van der Waals surface area contributed by atoms with Gasteiger partial charge in [0.2, 0.25) is 0 Å². The Morgan fingerprint density at radius 3 is 1.27 bits per heavy atom. The highest BCUT2D eigenvalue weighted by atomic mass is 16.5. The topological polar surface area (TPSA) is 138 Å². The third-order valence-electron chi connectivity index (χ3n) is 8.03. The lowest BCUT2D eigenvalue weighted by Gasteiger charge is -2.16. The Morgan fingerprint density at radius 2 is 0.867 bits per heavy atom. The molecule has 0 aliphatic rings. The molecule has 1 aromatic heterocycles. The van der Waals surface area contributed by atoms with Gasteiger partial charge in [0.05, 0.1) is 29.9 Å². The minimum atomic E-state index is -0.183. The van der Waals surface area contributed by atoms with Gasteiger partial charge in [-0.25, -0.2) is 15.0 Å². The van der Waals surface area contributed by atoms with E-state index in [-0.39, 0.29) is 51.6 Å². The second kappa shape index (κ2) is 15.5. The van der Waals surface area contributed by atoms with Crippen LogP contribution in [0.25, 0.3) is 34.2 Å². The van der Waals surface area contributed by atoms with Crippen LogP contribution >= 0.6 is 0 Å². The molecule has 45 heavy (non-hydrogen) atoms. The average molecular weight is 616 g/mol. The van der Waals surface area contributed by atoms with Crippen molar-refractivity contribution in [2.24, 2.45) is 0 Å². The number of nitrogens with zero attached hydrogens (tertiary/aromatic N) is 3. The van der Waals surface area contributed by atoms with E-state index in [1.54, 1.807) is 45.0 Å².